The Morgan fingerprint density at radius 1 is 1.53 bits per heavy atom. The van der Waals surface area contributed by atoms with Gasteiger partial charge < -0.3 is 20.5 Å². The first kappa shape index (κ1) is 16.5. The second-order valence-corrected chi connectivity index (χ2v) is 5.54. The highest BCUT2D eigenvalue weighted by Gasteiger charge is 2.42. The van der Waals surface area contributed by atoms with Gasteiger partial charge in [0.25, 0.3) is 0 Å². The van der Waals surface area contributed by atoms with Crippen molar-refractivity contribution in [3.63, 3.8) is 0 Å². The van der Waals surface area contributed by atoms with Crippen LogP contribution in [0.15, 0.2) is 0 Å². The standard InChI is InChI=1S/C11H22N2O3.ClH/c1-8(12)11(15)5-6-13(7-11)9(14)16-10(2,3)4;/h8,15H,5-7,12H2,1-4H3;1H. The summed E-state index contributed by atoms with van der Waals surface area (Å²) < 4.78 is 5.23. The maximum Gasteiger partial charge on any atom is 0.410 e. The van der Waals surface area contributed by atoms with E-state index < -0.39 is 11.2 Å². The molecule has 1 heterocycles. The van der Waals surface area contributed by atoms with E-state index >= 15 is 0 Å². The number of carbonyl (C=O) groups excluding carboxylic acids is 1. The van der Waals surface area contributed by atoms with E-state index in [1.807, 2.05) is 20.8 Å². The highest BCUT2D eigenvalue weighted by molar-refractivity contribution is 5.85. The Morgan fingerprint density at radius 2 is 2.06 bits per heavy atom. The van der Waals surface area contributed by atoms with Crippen molar-refractivity contribution in [2.45, 2.75) is 51.4 Å². The van der Waals surface area contributed by atoms with Gasteiger partial charge in [-0.25, -0.2) is 4.79 Å². The van der Waals surface area contributed by atoms with Gasteiger partial charge in [-0.3, -0.25) is 0 Å². The summed E-state index contributed by atoms with van der Waals surface area (Å²) in [7, 11) is 0. The van der Waals surface area contributed by atoms with Crippen LogP contribution < -0.4 is 5.73 Å². The Labute approximate surface area is 109 Å². The molecule has 5 nitrogen and oxygen atoms in total. The van der Waals surface area contributed by atoms with Gasteiger partial charge in [-0.2, -0.15) is 0 Å². The van der Waals surface area contributed by atoms with E-state index in [1.165, 1.54) is 4.90 Å². The number of amides is 1. The van der Waals surface area contributed by atoms with E-state index in [0.29, 0.717) is 13.0 Å². The molecule has 2 atom stereocenters. The molecule has 3 N–H and O–H groups in total. The molecule has 1 amide bonds. The predicted octanol–water partition coefficient (Wildman–Crippen LogP) is 1.13. The van der Waals surface area contributed by atoms with Crippen molar-refractivity contribution < 1.29 is 14.6 Å². The van der Waals surface area contributed by atoms with Crippen molar-refractivity contribution in [3.8, 4) is 0 Å². The number of ether oxygens (including phenoxy) is 1. The summed E-state index contributed by atoms with van der Waals surface area (Å²) in [5.74, 6) is 0. The summed E-state index contributed by atoms with van der Waals surface area (Å²) in [6.07, 6.45) is 0.119. The fourth-order valence-electron chi connectivity index (χ4n) is 1.67. The second kappa shape index (κ2) is 5.42. The number of β-amino-alcohol motifs (C(OH)–C–C–N with tert-alkyl or cyclic N) is 1. The van der Waals surface area contributed by atoms with Crippen molar-refractivity contribution in [1.29, 1.82) is 0 Å². The molecule has 1 aliphatic heterocycles. The van der Waals surface area contributed by atoms with E-state index in [4.69, 9.17) is 10.5 Å². The lowest BCUT2D eigenvalue weighted by molar-refractivity contribution is 0.00817. The van der Waals surface area contributed by atoms with Crippen molar-refractivity contribution in [3.05, 3.63) is 0 Å². The Morgan fingerprint density at radius 3 is 2.41 bits per heavy atom. The summed E-state index contributed by atoms with van der Waals surface area (Å²) in [6.45, 7) is 7.95. The van der Waals surface area contributed by atoms with Gasteiger partial charge in [0, 0.05) is 12.6 Å². The first-order chi connectivity index (χ1) is 7.14. The number of carbonyl (C=O) groups is 1. The molecule has 0 aliphatic carbocycles. The third-order valence-electron chi connectivity index (χ3n) is 2.78. The number of nitrogens with two attached hydrogens (primary N) is 1. The molecular formula is C11H23ClN2O3. The lowest BCUT2D eigenvalue weighted by Crippen LogP contribution is -2.49. The molecule has 1 aliphatic rings. The highest BCUT2D eigenvalue weighted by Crippen LogP contribution is 2.25. The van der Waals surface area contributed by atoms with Gasteiger partial charge in [-0.1, -0.05) is 0 Å². The predicted molar refractivity (Wildman–Crippen MR) is 68.3 cm³/mol. The summed E-state index contributed by atoms with van der Waals surface area (Å²) in [5, 5.41) is 10.1. The van der Waals surface area contributed by atoms with Crippen LogP contribution in [0.25, 0.3) is 0 Å². The van der Waals surface area contributed by atoms with Crippen molar-refractivity contribution >= 4 is 18.5 Å². The average molecular weight is 267 g/mol. The Bertz CT molecular complexity index is 278. The lowest BCUT2D eigenvalue weighted by atomic mass is 9.96. The molecule has 0 spiro atoms. The molecule has 102 valence electrons. The van der Waals surface area contributed by atoms with E-state index in [1.54, 1.807) is 6.92 Å². The largest absolute Gasteiger partial charge is 0.444 e. The molecule has 0 bridgehead atoms. The normalized spacial score (nSPS) is 26.4. The molecule has 0 saturated carbocycles. The van der Waals surface area contributed by atoms with Gasteiger partial charge in [-0.15, -0.1) is 12.4 Å². The molecule has 0 radical (unpaired) electrons. The van der Waals surface area contributed by atoms with Gasteiger partial charge in [0.05, 0.1) is 12.1 Å². The molecule has 6 heteroatoms. The zero-order valence-electron chi connectivity index (χ0n) is 10.9. The quantitative estimate of drug-likeness (QED) is 0.746. The topological polar surface area (TPSA) is 75.8 Å². The maximum atomic E-state index is 11.7. The minimum absolute atomic E-state index is 0. The van der Waals surface area contributed by atoms with Crippen molar-refractivity contribution in [1.82, 2.24) is 4.90 Å². The number of rotatable bonds is 1. The van der Waals surface area contributed by atoms with Crippen LogP contribution in [0.4, 0.5) is 4.79 Å². The molecule has 0 aromatic heterocycles. The van der Waals surface area contributed by atoms with Gasteiger partial charge in [0.2, 0.25) is 0 Å². The molecule has 2 unspecified atom stereocenters. The van der Waals surface area contributed by atoms with E-state index in [9.17, 15) is 9.90 Å². The van der Waals surface area contributed by atoms with Crippen molar-refractivity contribution in [2.75, 3.05) is 13.1 Å². The zero-order valence-corrected chi connectivity index (χ0v) is 11.7. The molecule has 0 aromatic rings. The molecular weight excluding hydrogens is 244 g/mol. The minimum Gasteiger partial charge on any atom is -0.444 e. The van der Waals surface area contributed by atoms with Crippen molar-refractivity contribution in [2.24, 2.45) is 5.73 Å². The number of hydrogen-bond donors (Lipinski definition) is 2. The van der Waals surface area contributed by atoms with Crippen LogP contribution in [0.1, 0.15) is 34.1 Å². The van der Waals surface area contributed by atoms with Gasteiger partial charge in [0.1, 0.15) is 5.60 Å². The number of likely N-dealkylation sites (tertiary alicyclic amines) is 1. The summed E-state index contributed by atoms with van der Waals surface area (Å²) in [4.78, 5) is 13.2. The molecule has 0 aromatic carbocycles. The fourth-order valence-corrected chi connectivity index (χ4v) is 1.67. The van der Waals surface area contributed by atoms with Crippen LogP contribution in [-0.2, 0) is 4.74 Å². The Balaban J connectivity index is 0.00000256. The summed E-state index contributed by atoms with van der Waals surface area (Å²) >= 11 is 0. The summed E-state index contributed by atoms with van der Waals surface area (Å²) in [6, 6.07) is -0.347. The Kier molecular flexibility index (Phi) is 5.25. The third kappa shape index (κ3) is 4.33. The van der Waals surface area contributed by atoms with E-state index in [2.05, 4.69) is 0 Å². The first-order valence-electron chi connectivity index (χ1n) is 5.60. The van der Waals surface area contributed by atoms with Crippen LogP contribution >= 0.6 is 12.4 Å². The number of hydrogen-bond acceptors (Lipinski definition) is 4. The van der Waals surface area contributed by atoms with Crippen LogP contribution in [0.2, 0.25) is 0 Å². The molecule has 1 fully saturated rings. The van der Waals surface area contributed by atoms with Gasteiger partial charge >= 0.3 is 6.09 Å². The molecule has 1 saturated heterocycles. The van der Waals surface area contributed by atoms with Crippen LogP contribution in [0.3, 0.4) is 0 Å². The van der Waals surface area contributed by atoms with Crippen LogP contribution in [0, 0.1) is 0 Å². The van der Waals surface area contributed by atoms with E-state index in [-0.39, 0.29) is 31.1 Å². The zero-order chi connectivity index (χ0) is 12.6. The Hall–Kier alpha value is -0.520. The number of halogens is 1. The lowest BCUT2D eigenvalue weighted by Gasteiger charge is -2.28. The van der Waals surface area contributed by atoms with E-state index in [0.717, 1.165) is 0 Å². The first-order valence-corrected chi connectivity index (χ1v) is 5.60. The molecule has 17 heavy (non-hydrogen) atoms. The molecule has 1 rings (SSSR count). The monoisotopic (exact) mass is 266 g/mol. The van der Waals surface area contributed by atoms with Gasteiger partial charge in [0.15, 0.2) is 0 Å². The SMILES string of the molecule is CC(N)C1(O)CCN(C(=O)OC(C)(C)C)C1.Cl. The van der Waals surface area contributed by atoms with Crippen LogP contribution in [-0.4, -0.2) is 46.4 Å². The highest BCUT2D eigenvalue weighted by atomic mass is 35.5. The summed E-state index contributed by atoms with van der Waals surface area (Å²) in [5.41, 5.74) is 4.21. The van der Waals surface area contributed by atoms with Gasteiger partial charge in [-0.05, 0) is 34.1 Å². The number of nitrogens with zero attached hydrogens (tertiary/aromatic N) is 1. The third-order valence-corrected chi connectivity index (χ3v) is 2.78. The van der Waals surface area contributed by atoms with Crippen LogP contribution in [0.5, 0.6) is 0 Å². The maximum absolute atomic E-state index is 11.7. The fraction of sp³-hybridized carbons (Fsp3) is 0.909. The number of aliphatic hydroxyl groups is 1. The average Bonchev–Trinajstić information content (AvgIpc) is 2.46. The minimum atomic E-state index is -0.975. The second-order valence-electron chi connectivity index (χ2n) is 5.54. The smallest absolute Gasteiger partial charge is 0.410 e.